The third kappa shape index (κ3) is 5.91. The SMILES string of the molecule is CCN1CCC(CNC(=O)CC(N)C(C)(C)C)CC1. The molecule has 1 saturated heterocycles. The van der Waals surface area contributed by atoms with E-state index >= 15 is 0 Å². The Morgan fingerprint density at radius 2 is 1.95 bits per heavy atom. The summed E-state index contributed by atoms with van der Waals surface area (Å²) in [4.78, 5) is 14.3. The molecule has 0 saturated carbocycles. The van der Waals surface area contributed by atoms with Gasteiger partial charge in [0.1, 0.15) is 0 Å². The zero-order valence-corrected chi connectivity index (χ0v) is 13.0. The summed E-state index contributed by atoms with van der Waals surface area (Å²) in [5.41, 5.74) is 6.02. The average Bonchev–Trinajstić information content (AvgIpc) is 2.35. The number of nitrogens with two attached hydrogens (primary N) is 1. The number of carbonyl (C=O) groups excluding carboxylic acids is 1. The Hall–Kier alpha value is -0.610. The summed E-state index contributed by atoms with van der Waals surface area (Å²) < 4.78 is 0. The van der Waals surface area contributed by atoms with Crippen LogP contribution in [0.4, 0.5) is 0 Å². The third-order valence-electron chi connectivity index (χ3n) is 4.26. The Balaban J connectivity index is 2.21. The summed E-state index contributed by atoms with van der Waals surface area (Å²) in [5, 5.41) is 3.05. The molecular weight excluding hydrogens is 238 g/mol. The fraction of sp³-hybridized carbons (Fsp3) is 0.933. The minimum atomic E-state index is -0.0746. The van der Waals surface area contributed by atoms with Gasteiger partial charge in [0, 0.05) is 19.0 Å². The van der Waals surface area contributed by atoms with Gasteiger partial charge in [0.2, 0.25) is 5.91 Å². The van der Waals surface area contributed by atoms with Crippen LogP contribution in [0.1, 0.15) is 47.0 Å². The van der Waals surface area contributed by atoms with Gasteiger partial charge in [-0.3, -0.25) is 4.79 Å². The van der Waals surface area contributed by atoms with E-state index in [4.69, 9.17) is 5.73 Å². The fourth-order valence-corrected chi connectivity index (χ4v) is 2.34. The van der Waals surface area contributed by atoms with E-state index in [0.29, 0.717) is 12.3 Å². The minimum absolute atomic E-state index is 0.0101. The number of likely N-dealkylation sites (tertiary alicyclic amines) is 1. The van der Waals surface area contributed by atoms with Crippen LogP contribution in [0.2, 0.25) is 0 Å². The molecule has 1 amide bonds. The molecule has 1 aliphatic heterocycles. The Bertz CT molecular complexity index is 278. The molecule has 1 rings (SSSR count). The number of nitrogens with zero attached hydrogens (tertiary/aromatic N) is 1. The zero-order chi connectivity index (χ0) is 14.5. The van der Waals surface area contributed by atoms with Crippen molar-refractivity contribution >= 4 is 5.91 Å². The molecule has 0 spiro atoms. The lowest BCUT2D eigenvalue weighted by Crippen LogP contribution is -2.42. The van der Waals surface area contributed by atoms with Crippen LogP contribution in [0.5, 0.6) is 0 Å². The highest BCUT2D eigenvalue weighted by atomic mass is 16.1. The van der Waals surface area contributed by atoms with Crippen molar-refractivity contribution in [2.45, 2.75) is 53.0 Å². The number of nitrogens with one attached hydrogen (secondary N) is 1. The molecular formula is C15H31N3O. The molecule has 0 radical (unpaired) electrons. The van der Waals surface area contributed by atoms with Crippen LogP contribution < -0.4 is 11.1 Å². The van der Waals surface area contributed by atoms with Gasteiger partial charge in [0.15, 0.2) is 0 Å². The zero-order valence-electron chi connectivity index (χ0n) is 13.0. The molecule has 0 bridgehead atoms. The second-order valence-electron chi connectivity index (χ2n) is 6.86. The first-order chi connectivity index (χ1) is 8.82. The Morgan fingerprint density at radius 1 is 1.37 bits per heavy atom. The summed E-state index contributed by atoms with van der Waals surface area (Å²) in [6.07, 6.45) is 2.82. The molecule has 0 aromatic carbocycles. The van der Waals surface area contributed by atoms with Crippen molar-refractivity contribution in [1.29, 1.82) is 0 Å². The Morgan fingerprint density at radius 3 is 2.42 bits per heavy atom. The van der Waals surface area contributed by atoms with Crippen molar-refractivity contribution in [3.63, 3.8) is 0 Å². The molecule has 0 aromatic heterocycles. The molecule has 1 atom stereocenters. The van der Waals surface area contributed by atoms with E-state index < -0.39 is 0 Å². The first kappa shape index (κ1) is 16.4. The first-order valence-electron chi connectivity index (χ1n) is 7.57. The Labute approximate surface area is 118 Å². The van der Waals surface area contributed by atoms with Gasteiger partial charge in [-0.2, -0.15) is 0 Å². The molecule has 4 nitrogen and oxygen atoms in total. The topological polar surface area (TPSA) is 58.4 Å². The molecule has 0 aromatic rings. The number of hydrogen-bond donors (Lipinski definition) is 2. The monoisotopic (exact) mass is 269 g/mol. The van der Waals surface area contributed by atoms with Crippen molar-refractivity contribution in [2.75, 3.05) is 26.2 Å². The number of piperidine rings is 1. The van der Waals surface area contributed by atoms with Crippen molar-refractivity contribution in [3.8, 4) is 0 Å². The van der Waals surface area contributed by atoms with Gasteiger partial charge in [-0.05, 0) is 43.8 Å². The summed E-state index contributed by atoms with van der Waals surface area (Å²) in [6.45, 7) is 12.7. The molecule has 19 heavy (non-hydrogen) atoms. The lowest BCUT2D eigenvalue weighted by atomic mass is 9.85. The highest BCUT2D eigenvalue weighted by molar-refractivity contribution is 5.76. The standard InChI is InChI=1S/C15H31N3O/c1-5-18-8-6-12(7-9-18)11-17-14(19)10-13(16)15(2,3)4/h12-13H,5-11,16H2,1-4H3,(H,17,19). The second-order valence-corrected chi connectivity index (χ2v) is 6.86. The van der Waals surface area contributed by atoms with Crippen LogP contribution in [-0.2, 0) is 4.79 Å². The van der Waals surface area contributed by atoms with Crippen LogP contribution in [-0.4, -0.2) is 43.0 Å². The molecule has 0 aliphatic carbocycles. The van der Waals surface area contributed by atoms with Gasteiger partial charge in [-0.1, -0.05) is 27.7 Å². The van der Waals surface area contributed by atoms with E-state index in [1.807, 2.05) is 0 Å². The van der Waals surface area contributed by atoms with E-state index in [-0.39, 0.29) is 17.4 Å². The summed E-state index contributed by atoms with van der Waals surface area (Å²) in [6, 6.07) is -0.0746. The van der Waals surface area contributed by atoms with Crippen molar-refractivity contribution in [3.05, 3.63) is 0 Å². The second kappa shape index (κ2) is 7.25. The van der Waals surface area contributed by atoms with Crippen molar-refractivity contribution < 1.29 is 4.79 Å². The number of amides is 1. The summed E-state index contributed by atoms with van der Waals surface area (Å²) in [7, 11) is 0. The smallest absolute Gasteiger partial charge is 0.221 e. The maximum Gasteiger partial charge on any atom is 0.221 e. The number of carbonyl (C=O) groups is 1. The van der Waals surface area contributed by atoms with Crippen LogP contribution in [0.25, 0.3) is 0 Å². The van der Waals surface area contributed by atoms with E-state index in [2.05, 4.69) is 37.9 Å². The highest BCUT2D eigenvalue weighted by Crippen LogP contribution is 2.20. The minimum Gasteiger partial charge on any atom is -0.356 e. The molecule has 4 heteroatoms. The van der Waals surface area contributed by atoms with E-state index in [1.54, 1.807) is 0 Å². The van der Waals surface area contributed by atoms with Gasteiger partial charge >= 0.3 is 0 Å². The normalized spacial score (nSPS) is 20.3. The lowest BCUT2D eigenvalue weighted by Gasteiger charge is -2.31. The summed E-state index contributed by atoms with van der Waals surface area (Å²) in [5.74, 6) is 0.734. The lowest BCUT2D eigenvalue weighted by molar-refractivity contribution is -0.122. The van der Waals surface area contributed by atoms with Crippen molar-refractivity contribution in [1.82, 2.24) is 10.2 Å². The van der Waals surface area contributed by atoms with Gasteiger partial charge in [-0.25, -0.2) is 0 Å². The molecule has 1 aliphatic rings. The third-order valence-corrected chi connectivity index (χ3v) is 4.26. The van der Waals surface area contributed by atoms with Crippen molar-refractivity contribution in [2.24, 2.45) is 17.1 Å². The van der Waals surface area contributed by atoms with Crippen LogP contribution in [0.15, 0.2) is 0 Å². The van der Waals surface area contributed by atoms with E-state index in [0.717, 1.165) is 13.1 Å². The molecule has 1 heterocycles. The maximum absolute atomic E-state index is 11.9. The van der Waals surface area contributed by atoms with Gasteiger partial charge in [0.05, 0.1) is 0 Å². The largest absolute Gasteiger partial charge is 0.356 e. The van der Waals surface area contributed by atoms with E-state index in [9.17, 15) is 4.79 Å². The summed E-state index contributed by atoms with van der Waals surface area (Å²) >= 11 is 0. The number of rotatable bonds is 5. The van der Waals surface area contributed by atoms with Gasteiger partial charge in [0.25, 0.3) is 0 Å². The van der Waals surface area contributed by atoms with Gasteiger partial charge in [-0.15, -0.1) is 0 Å². The molecule has 3 N–H and O–H groups in total. The van der Waals surface area contributed by atoms with E-state index in [1.165, 1.54) is 25.9 Å². The molecule has 1 fully saturated rings. The fourth-order valence-electron chi connectivity index (χ4n) is 2.34. The predicted molar refractivity (Wildman–Crippen MR) is 79.9 cm³/mol. The van der Waals surface area contributed by atoms with Crippen LogP contribution in [0, 0.1) is 11.3 Å². The van der Waals surface area contributed by atoms with Gasteiger partial charge < -0.3 is 16.0 Å². The highest BCUT2D eigenvalue weighted by Gasteiger charge is 2.24. The first-order valence-corrected chi connectivity index (χ1v) is 7.57. The Kier molecular flexibility index (Phi) is 6.27. The van der Waals surface area contributed by atoms with Crippen LogP contribution >= 0.6 is 0 Å². The average molecular weight is 269 g/mol. The number of hydrogen-bond acceptors (Lipinski definition) is 3. The quantitative estimate of drug-likeness (QED) is 0.797. The molecule has 1 unspecified atom stereocenters. The molecule has 112 valence electrons. The predicted octanol–water partition coefficient (Wildman–Crippen LogP) is 1.60. The van der Waals surface area contributed by atoms with Crippen LogP contribution in [0.3, 0.4) is 0 Å². The maximum atomic E-state index is 11.9.